The summed E-state index contributed by atoms with van der Waals surface area (Å²) < 4.78 is 1.95. The Morgan fingerprint density at radius 2 is 1.79 bits per heavy atom. The summed E-state index contributed by atoms with van der Waals surface area (Å²) in [5.74, 6) is -0.251. The van der Waals surface area contributed by atoms with E-state index in [1.54, 1.807) is 0 Å². The van der Waals surface area contributed by atoms with Crippen LogP contribution in [0.5, 0.6) is 0 Å². The monoisotopic (exact) mass is 444 g/mol. The smallest absolute Gasteiger partial charge is 0.225 e. The van der Waals surface area contributed by atoms with E-state index in [2.05, 4.69) is 29.4 Å². The van der Waals surface area contributed by atoms with Crippen LogP contribution in [0, 0.1) is 19.3 Å². The molecular formula is C27H32N4O2. The summed E-state index contributed by atoms with van der Waals surface area (Å²) in [6, 6.07) is 20.3. The van der Waals surface area contributed by atoms with Crippen LogP contribution in [-0.2, 0) is 22.6 Å². The molecule has 2 N–H and O–H groups in total. The molecule has 1 saturated heterocycles. The Balaban J connectivity index is 1.44. The second kappa shape index (κ2) is 9.61. The molecule has 1 aliphatic rings. The van der Waals surface area contributed by atoms with Gasteiger partial charge in [-0.15, -0.1) is 0 Å². The minimum absolute atomic E-state index is 0.0796. The van der Waals surface area contributed by atoms with Crippen molar-refractivity contribution in [2.24, 2.45) is 11.1 Å². The fourth-order valence-electron chi connectivity index (χ4n) is 4.90. The van der Waals surface area contributed by atoms with Gasteiger partial charge in [-0.2, -0.15) is 5.10 Å². The summed E-state index contributed by atoms with van der Waals surface area (Å²) >= 11 is 0. The summed E-state index contributed by atoms with van der Waals surface area (Å²) in [5.41, 5.74) is 10.6. The van der Waals surface area contributed by atoms with Gasteiger partial charge in [0.15, 0.2) is 0 Å². The lowest BCUT2D eigenvalue weighted by Crippen LogP contribution is -2.42. The van der Waals surface area contributed by atoms with Gasteiger partial charge in [-0.1, -0.05) is 54.6 Å². The number of primary amides is 1. The maximum absolute atomic E-state index is 12.9. The fraction of sp³-hybridized carbons (Fsp3) is 0.370. The van der Waals surface area contributed by atoms with Gasteiger partial charge in [0.05, 0.1) is 11.1 Å². The predicted octanol–water partition coefficient (Wildman–Crippen LogP) is 3.89. The van der Waals surface area contributed by atoms with Gasteiger partial charge in [0.1, 0.15) is 0 Å². The highest BCUT2D eigenvalue weighted by Gasteiger charge is 2.44. The first-order valence-corrected chi connectivity index (χ1v) is 11.6. The molecular weight excluding hydrogens is 412 g/mol. The van der Waals surface area contributed by atoms with Crippen LogP contribution in [0.4, 0.5) is 0 Å². The highest BCUT2D eigenvalue weighted by atomic mass is 16.2. The molecule has 0 unspecified atom stereocenters. The zero-order valence-corrected chi connectivity index (χ0v) is 19.5. The van der Waals surface area contributed by atoms with Crippen molar-refractivity contribution in [2.45, 2.75) is 46.1 Å². The van der Waals surface area contributed by atoms with E-state index in [0.717, 1.165) is 34.5 Å². The molecule has 1 atom stereocenters. The first-order valence-electron chi connectivity index (χ1n) is 11.6. The summed E-state index contributed by atoms with van der Waals surface area (Å²) in [7, 11) is 0. The van der Waals surface area contributed by atoms with Crippen molar-refractivity contribution >= 4 is 11.8 Å². The van der Waals surface area contributed by atoms with Crippen molar-refractivity contribution in [3.05, 3.63) is 77.6 Å². The maximum atomic E-state index is 12.9. The van der Waals surface area contributed by atoms with Crippen LogP contribution in [0.3, 0.4) is 0 Å². The molecule has 4 rings (SSSR count). The number of hydrogen-bond donors (Lipinski definition) is 1. The van der Waals surface area contributed by atoms with Crippen LogP contribution in [0.1, 0.15) is 36.2 Å². The predicted molar refractivity (Wildman–Crippen MR) is 129 cm³/mol. The number of carbonyl (C=O) groups is 2. The van der Waals surface area contributed by atoms with Gasteiger partial charge in [0.25, 0.3) is 0 Å². The average molecular weight is 445 g/mol. The first kappa shape index (κ1) is 22.8. The van der Waals surface area contributed by atoms with Crippen LogP contribution in [0.2, 0.25) is 0 Å². The molecule has 0 spiro atoms. The highest BCUT2D eigenvalue weighted by Crippen LogP contribution is 2.37. The molecule has 1 fully saturated rings. The minimum Gasteiger partial charge on any atom is -0.369 e. The molecule has 0 saturated carbocycles. The number of amides is 2. The van der Waals surface area contributed by atoms with Gasteiger partial charge in [-0.05, 0) is 55.9 Å². The summed E-state index contributed by atoms with van der Waals surface area (Å²) in [6.45, 7) is 5.65. The quantitative estimate of drug-likeness (QED) is 0.572. The van der Waals surface area contributed by atoms with Gasteiger partial charge in [0, 0.05) is 31.7 Å². The van der Waals surface area contributed by atoms with Crippen molar-refractivity contribution in [1.82, 2.24) is 14.7 Å². The topological polar surface area (TPSA) is 81.2 Å². The number of carbonyl (C=O) groups excluding carboxylic acids is 2. The molecule has 2 amide bonds. The third kappa shape index (κ3) is 5.00. The number of rotatable bonds is 8. The standard InChI is InChI=1S/C27H32N4O2/c1-20-17-21(2)31(29-20)15-8-13-25(32)30-16-14-27(19-30,26(28)33)18-23-11-6-7-12-24(23)22-9-4-3-5-10-22/h3-7,9-12,17H,8,13-16,18-19H2,1-2H3,(H2,28,33)/t27-/m1/s1. The average Bonchev–Trinajstić information content (AvgIpc) is 3.38. The number of hydrogen-bond acceptors (Lipinski definition) is 3. The Morgan fingerprint density at radius 1 is 1.06 bits per heavy atom. The first-order chi connectivity index (χ1) is 15.9. The molecule has 0 aliphatic carbocycles. The summed E-state index contributed by atoms with van der Waals surface area (Å²) in [6.07, 6.45) is 2.28. The zero-order chi connectivity index (χ0) is 23.4. The highest BCUT2D eigenvalue weighted by molar-refractivity contribution is 5.85. The van der Waals surface area contributed by atoms with Crippen molar-refractivity contribution < 1.29 is 9.59 Å². The van der Waals surface area contributed by atoms with Crippen LogP contribution in [0.15, 0.2) is 60.7 Å². The largest absolute Gasteiger partial charge is 0.369 e. The van der Waals surface area contributed by atoms with Gasteiger partial charge in [-0.25, -0.2) is 0 Å². The molecule has 6 heteroatoms. The van der Waals surface area contributed by atoms with E-state index in [0.29, 0.717) is 38.9 Å². The minimum atomic E-state index is -0.740. The Bertz CT molecular complexity index is 1140. The van der Waals surface area contributed by atoms with Gasteiger partial charge >= 0.3 is 0 Å². The van der Waals surface area contributed by atoms with E-state index in [4.69, 9.17) is 5.73 Å². The molecule has 172 valence electrons. The van der Waals surface area contributed by atoms with Crippen LogP contribution < -0.4 is 5.73 Å². The lowest BCUT2D eigenvalue weighted by Gasteiger charge is -2.27. The third-order valence-corrected chi connectivity index (χ3v) is 6.72. The third-order valence-electron chi connectivity index (χ3n) is 6.72. The molecule has 6 nitrogen and oxygen atoms in total. The van der Waals surface area contributed by atoms with E-state index in [9.17, 15) is 9.59 Å². The summed E-state index contributed by atoms with van der Waals surface area (Å²) in [5, 5.41) is 4.46. The number of benzene rings is 2. The molecule has 2 aromatic carbocycles. The van der Waals surface area contributed by atoms with Crippen LogP contribution in [-0.4, -0.2) is 39.6 Å². The molecule has 1 aliphatic heterocycles. The lowest BCUT2D eigenvalue weighted by molar-refractivity contribution is -0.132. The summed E-state index contributed by atoms with van der Waals surface area (Å²) in [4.78, 5) is 27.4. The number of aryl methyl sites for hydroxylation is 3. The molecule has 3 aromatic rings. The molecule has 1 aromatic heterocycles. The maximum Gasteiger partial charge on any atom is 0.225 e. The molecule has 2 heterocycles. The van der Waals surface area contributed by atoms with E-state index >= 15 is 0 Å². The Kier molecular flexibility index (Phi) is 6.63. The second-order valence-electron chi connectivity index (χ2n) is 9.16. The molecule has 33 heavy (non-hydrogen) atoms. The van der Waals surface area contributed by atoms with Crippen molar-refractivity contribution in [3.63, 3.8) is 0 Å². The normalized spacial score (nSPS) is 17.9. The van der Waals surface area contributed by atoms with Gasteiger partial charge in [-0.3, -0.25) is 14.3 Å². The lowest BCUT2D eigenvalue weighted by atomic mass is 9.78. The van der Waals surface area contributed by atoms with E-state index < -0.39 is 5.41 Å². The van der Waals surface area contributed by atoms with Gasteiger partial charge in [0.2, 0.25) is 11.8 Å². The van der Waals surface area contributed by atoms with E-state index in [-0.39, 0.29) is 11.8 Å². The van der Waals surface area contributed by atoms with Crippen molar-refractivity contribution in [1.29, 1.82) is 0 Å². The van der Waals surface area contributed by atoms with Crippen molar-refractivity contribution in [3.8, 4) is 11.1 Å². The second-order valence-corrected chi connectivity index (χ2v) is 9.16. The van der Waals surface area contributed by atoms with Crippen LogP contribution in [0.25, 0.3) is 11.1 Å². The number of nitrogens with two attached hydrogens (primary N) is 1. The Morgan fingerprint density at radius 3 is 2.48 bits per heavy atom. The Labute approximate surface area is 195 Å². The number of nitrogens with zero attached hydrogens (tertiary/aromatic N) is 3. The molecule has 0 radical (unpaired) electrons. The van der Waals surface area contributed by atoms with E-state index in [1.165, 1.54) is 0 Å². The van der Waals surface area contributed by atoms with Crippen LogP contribution >= 0.6 is 0 Å². The van der Waals surface area contributed by atoms with Crippen molar-refractivity contribution in [2.75, 3.05) is 13.1 Å². The fourth-order valence-corrected chi connectivity index (χ4v) is 4.90. The molecule has 0 bridgehead atoms. The SMILES string of the molecule is Cc1cc(C)n(CCCC(=O)N2CC[C@](Cc3ccccc3-c3ccccc3)(C(N)=O)C2)n1. The number of aromatic nitrogens is 2. The van der Waals surface area contributed by atoms with E-state index in [1.807, 2.05) is 59.8 Å². The zero-order valence-electron chi connectivity index (χ0n) is 19.5. The van der Waals surface area contributed by atoms with Gasteiger partial charge < -0.3 is 10.6 Å². The Hall–Kier alpha value is -3.41. The number of likely N-dealkylation sites (tertiary alicyclic amines) is 1.